The minimum Gasteiger partial charge on any atom is -0.478 e. The second-order valence-corrected chi connectivity index (χ2v) is 4.27. The normalized spacial score (nSPS) is 10.2. The van der Waals surface area contributed by atoms with Crippen LogP contribution in [0, 0.1) is 5.82 Å². The highest BCUT2D eigenvalue weighted by Gasteiger charge is 2.18. The van der Waals surface area contributed by atoms with E-state index in [9.17, 15) is 14.0 Å². The third-order valence-corrected chi connectivity index (χ3v) is 2.75. The quantitative estimate of drug-likeness (QED) is 0.876. The fourth-order valence-corrected chi connectivity index (χ4v) is 1.93. The second-order valence-electron chi connectivity index (χ2n) is 3.84. The lowest BCUT2D eigenvalue weighted by molar-refractivity contribution is 0.0693. The molecule has 0 bridgehead atoms. The van der Waals surface area contributed by atoms with Crippen molar-refractivity contribution in [3.8, 4) is 0 Å². The number of aromatic carboxylic acids is 1. The van der Waals surface area contributed by atoms with Gasteiger partial charge in [-0.3, -0.25) is 4.79 Å². The minimum atomic E-state index is -1.22. The van der Waals surface area contributed by atoms with Crippen LogP contribution in [0.15, 0.2) is 42.5 Å². The highest BCUT2D eigenvalue weighted by Crippen LogP contribution is 2.19. The van der Waals surface area contributed by atoms with Crippen LogP contribution in [0.4, 0.5) is 4.39 Å². The maximum atomic E-state index is 13.2. The summed E-state index contributed by atoms with van der Waals surface area (Å²) in [7, 11) is 0. The molecule has 2 aromatic carbocycles. The van der Waals surface area contributed by atoms with Gasteiger partial charge in [0.2, 0.25) is 0 Å². The van der Waals surface area contributed by atoms with E-state index in [0.29, 0.717) is 0 Å². The van der Waals surface area contributed by atoms with E-state index in [0.717, 1.165) is 12.1 Å². The van der Waals surface area contributed by atoms with Gasteiger partial charge < -0.3 is 5.11 Å². The van der Waals surface area contributed by atoms with Crippen molar-refractivity contribution < 1.29 is 19.1 Å². The Morgan fingerprint density at radius 1 is 1.05 bits per heavy atom. The maximum absolute atomic E-state index is 13.2. The average Bonchev–Trinajstić information content (AvgIpc) is 2.36. The van der Waals surface area contributed by atoms with E-state index in [1.807, 2.05) is 0 Å². The molecule has 0 heterocycles. The highest BCUT2D eigenvalue weighted by atomic mass is 35.5. The summed E-state index contributed by atoms with van der Waals surface area (Å²) in [6, 6.07) is 9.14. The van der Waals surface area contributed by atoms with Gasteiger partial charge in [-0.2, -0.15) is 0 Å². The fourth-order valence-electron chi connectivity index (χ4n) is 1.71. The molecule has 0 saturated heterocycles. The third-order valence-electron chi connectivity index (χ3n) is 2.53. The molecule has 0 fully saturated rings. The van der Waals surface area contributed by atoms with Gasteiger partial charge in [0.15, 0.2) is 5.78 Å². The van der Waals surface area contributed by atoms with E-state index >= 15 is 0 Å². The summed E-state index contributed by atoms with van der Waals surface area (Å²) in [5, 5.41) is 9.10. The molecule has 0 aliphatic carbocycles. The number of hydrogen-bond donors (Lipinski definition) is 1. The number of hydrogen-bond acceptors (Lipinski definition) is 2. The van der Waals surface area contributed by atoms with Crippen molar-refractivity contribution in [1.29, 1.82) is 0 Å². The molecule has 0 amide bonds. The first-order valence-corrected chi connectivity index (χ1v) is 5.70. The largest absolute Gasteiger partial charge is 0.478 e. The number of carboxylic acid groups (broad SMARTS) is 1. The predicted molar refractivity (Wildman–Crippen MR) is 68.2 cm³/mol. The van der Waals surface area contributed by atoms with Crippen LogP contribution in [0.5, 0.6) is 0 Å². The highest BCUT2D eigenvalue weighted by molar-refractivity contribution is 6.31. The molecule has 0 aliphatic heterocycles. The Bertz CT molecular complexity index is 647. The molecule has 96 valence electrons. The van der Waals surface area contributed by atoms with Crippen LogP contribution < -0.4 is 0 Å². The molecule has 0 saturated carbocycles. The van der Waals surface area contributed by atoms with Crippen molar-refractivity contribution in [2.75, 3.05) is 0 Å². The Kier molecular flexibility index (Phi) is 3.62. The van der Waals surface area contributed by atoms with Gasteiger partial charge in [0.25, 0.3) is 0 Å². The lowest BCUT2D eigenvalue weighted by Gasteiger charge is -2.05. The zero-order chi connectivity index (χ0) is 14.0. The van der Waals surface area contributed by atoms with Crippen LogP contribution in [0.3, 0.4) is 0 Å². The number of rotatable bonds is 3. The number of benzene rings is 2. The Balaban J connectivity index is 2.53. The van der Waals surface area contributed by atoms with Crippen molar-refractivity contribution in [2.45, 2.75) is 0 Å². The van der Waals surface area contributed by atoms with E-state index in [4.69, 9.17) is 16.7 Å². The maximum Gasteiger partial charge on any atom is 0.336 e. The van der Waals surface area contributed by atoms with Crippen molar-refractivity contribution in [2.24, 2.45) is 0 Å². The van der Waals surface area contributed by atoms with Crippen LogP contribution in [-0.2, 0) is 0 Å². The number of ketones is 1. The zero-order valence-corrected chi connectivity index (χ0v) is 10.3. The topological polar surface area (TPSA) is 54.4 Å². The summed E-state index contributed by atoms with van der Waals surface area (Å²) in [6.07, 6.45) is 0. The fraction of sp³-hybridized carbons (Fsp3) is 0. The minimum absolute atomic E-state index is 0.00309. The molecular formula is C14H8ClFO3. The number of carboxylic acids is 1. The molecule has 0 aromatic heterocycles. The van der Waals surface area contributed by atoms with Gasteiger partial charge >= 0.3 is 5.97 Å². The number of carbonyl (C=O) groups excluding carboxylic acids is 1. The van der Waals surface area contributed by atoms with Gasteiger partial charge in [0.1, 0.15) is 5.82 Å². The van der Waals surface area contributed by atoms with Gasteiger partial charge in [0.05, 0.1) is 5.56 Å². The van der Waals surface area contributed by atoms with E-state index < -0.39 is 17.6 Å². The molecule has 3 nitrogen and oxygen atoms in total. The molecule has 5 heteroatoms. The molecule has 2 aromatic rings. The molecular weight excluding hydrogens is 271 g/mol. The van der Waals surface area contributed by atoms with Crippen LogP contribution in [0.25, 0.3) is 0 Å². The lowest BCUT2D eigenvalue weighted by atomic mass is 9.98. The predicted octanol–water partition coefficient (Wildman–Crippen LogP) is 3.41. The molecule has 19 heavy (non-hydrogen) atoms. The Morgan fingerprint density at radius 3 is 2.26 bits per heavy atom. The lowest BCUT2D eigenvalue weighted by Crippen LogP contribution is -2.09. The molecule has 1 N–H and O–H groups in total. The summed E-state index contributed by atoms with van der Waals surface area (Å²) in [5.74, 6) is -2.45. The Hall–Kier alpha value is -2.20. The molecule has 0 aliphatic rings. The summed E-state index contributed by atoms with van der Waals surface area (Å²) in [4.78, 5) is 23.2. The first-order valence-electron chi connectivity index (χ1n) is 5.32. The monoisotopic (exact) mass is 278 g/mol. The smallest absolute Gasteiger partial charge is 0.336 e. The van der Waals surface area contributed by atoms with Gasteiger partial charge in [-0.1, -0.05) is 29.8 Å². The molecule has 2 rings (SSSR count). The standard InChI is InChI=1S/C14H8ClFO3/c15-9-5-8(6-10(16)7-9)13(17)11-3-1-2-4-12(11)14(18)19/h1-7H,(H,18,19). The third kappa shape index (κ3) is 2.80. The summed E-state index contributed by atoms with van der Waals surface area (Å²) >= 11 is 5.68. The Labute approximate surface area is 113 Å². The van der Waals surface area contributed by atoms with Crippen molar-refractivity contribution in [3.05, 3.63) is 70.0 Å². The van der Waals surface area contributed by atoms with E-state index in [1.165, 1.54) is 24.3 Å². The van der Waals surface area contributed by atoms with Gasteiger partial charge in [-0.15, -0.1) is 0 Å². The van der Waals surface area contributed by atoms with Crippen molar-refractivity contribution in [1.82, 2.24) is 0 Å². The molecule has 0 atom stereocenters. The van der Waals surface area contributed by atoms with Crippen molar-refractivity contribution in [3.63, 3.8) is 0 Å². The first kappa shape index (κ1) is 13.2. The van der Waals surface area contributed by atoms with Gasteiger partial charge in [-0.05, 0) is 24.3 Å². The first-order chi connectivity index (χ1) is 8.99. The number of halogens is 2. The number of carbonyl (C=O) groups is 2. The zero-order valence-electron chi connectivity index (χ0n) is 9.56. The summed E-state index contributed by atoms with van der Waals surface area (Å²) < 4.78 is 13.2. The van der Waals surface area contributed by atoms with E-state index in [1.54, 1.807) is 6.07 Å². The average molecular weight is 279 g/mol. The van der Waals surface area contributed by atoms with E-state index in [2.05, 4.69) is 0 Å². The van der Waals surface area contributed by atoms with Crippen LogP contribution in [-0.4, -0.2) is 16.9 Å². The molecule has 0 spiro atoms. The SMILES string of the molecule is O=C(O)c1ccccc1C(=O)c1cc(F)cc(Cl)c1. The summed E-state index contributed by atoms with van der Waals surface area (Å²) in [5.41, 5.74) is -0.122. The van der Waals surface area contributed by atoms with Crippen LogP contribution in [0.1, 0.15) is 26.3 Å². The van der Waals surface area contributed by atoms with E-state index in [-0.39, 0.29) is 21.7 Å². The summed E-state index contributed by atoms with van der Waals surface area (Å²) in [6.45, 7) is 0. The Morgan fingerprint density at radius 2 is 1.68 bits per heavy atom. The molecule has 0 unspecified atom stereocenters. The van der Waals surface area contributed by atoms with Gasteiger partial charge in [-0.25, -0.2) is 9.18 Å². The second kappa shape index (κ2) is 5.20. The van der Waals surface area contributed by atoms with Crippen LogP contribution in [0.2, 0.25) is 5.02 Å². The van der Waals surface area contributed by atoms with Crippen molar-refractivity contribution >= 4 is 23.4 Å². The van der Waals surface area contributed by atoms with Gasteiger partial charge in [0, 0.05) is 16.1 Å². The van der Waals surface area contributed by atoms with Crippen LogP contribution >= 0.6 is 11.6 Å². The molecule has 0 radical (unpaired) electrons.